The molecule has 1 unspecified atom stereocenters. The highest BCUT2D eigenvalue weighted by Crippen LogP contribution is 2.38. The molecule has 1 aromatic rings. The number of carboxylic acids is 2. The van der Waals surface area contributed by atoms with Gasteiger partial charge in [-0.15, -0.1) is 0 Å². The lowest BCUT2D eigenvalue weighted by Gasteiger charge is -2.30. The molecule has 2 rings (SSSR count). The number of rotatable bonds is 4. The van der Waals surface area contributed by atoms with Crippen molar-refractivity contribution in [3.8, 4) is 5.75 Å². The van der Waals surface area contributed by atoms with Gasteiger partial charge in [0.15, 0.2) is 0 Å². The predicted octanol–water partition coefficient (Wildman–Crippen LogP) is 2.38. The van der Waals surface area contributed by atoms with Crippen molar-refractivity contribution < 1.29 is 24.5 Å². The summed E-state index contributed by atoms with van der Waals surface area (Å²) in [5.41, 5.74) is -0.120. The molecular formula is C16H16O5. The molecule has 1 aromatic carbocycles. The first-order valence-corrected chi connectivity index (χ1v) is 6.40. The highest BCUT2D eigenvalue weighted by atomic mass is 16.5. The summed E-state index contributed by atoms with van der Waals surface area (Å²) in [7, 11) is 1.53. The lowest BCUT2D eigenvalue weighted by Crippen LogP contribution is -2.37. The van der Waals surface area contributed by atoms with Crippen LogP contribution in [0.25, 0.3) is 0 Å². The van der Waals surface area contributed by atoms with Gasteiger partial charge in [-0.05, 0) is 30.7 Å². The molecule has 5 heteroatoms. The summed E-state index contributed by atoms with van der Waals surface area (Å²) in [6, 6.07) is 6.65. The van der Waals surface area contributed by atoms with Crippen molar-refractivity contribution in [1.82, 2.24) is 0 Å². The molecule has 0 saturated carbocycles. The Labute approximate surface area is 122 Å². The van der Waals surface area contributed by atoms with Crippen LogP contribution in [-0.2, 0) is 15.0 Å². The van der Waals surface area contributed by atoms with E-state index in [1.54, 1.807) is 37.3 Å². The van der Waals surface area contributed by atoms with E-state index < -0.39 is 17.4 Å². The molecule has 0 aromatic heterocycles. The molecular weight excluding hydrogens is 272 g/mol. The van der Waals surface area contributed by atoms with E-state index in [-0.39, 0.29) is 12.0 Å². The standard InChI is InChI=1S/C16H16O5/c1-10-7-11(14(17)18)9-16(8-10,15(19)20)12-3-5-13(21-2)6-4-12/h3-8H,9H2,1-2H3,(H,17,18)(H,19,20). The predicted molar refractivity (Wildman–Crippen MR) is 76.4 cm³/mol. The highest BCUT2D eigenvalue weighted by molar-refractivity contribution is 5.93. The Morgan fingerprint density at radius 1 is 1.19 bits per heavy atom. The van der Waals surface area contributed by atoms with Crippen LogP contribution >= 0.6 is 0 Å². The van der Waals surface area contributed by atoms with Crippen molar-refractivity contribution in [2.45, 2.75) is 18.8 Å². The van der Waals surface area contributed by atoms with Crippen molar-refractivity contribution in [3.05, 3.63) is 53.1 Å². The van der Waals surface area contributed by atoms with Gasteiger partial charge in [-0.3, -0.25) is 4.79 Å². The average Bonchev–Trinajstić information content (AvgIpc) is 2.46. The monoisotopic (exact) mass is 288 g/mol. The summed E-state index contributed by atoms with van der Waals surface area (Å²) in [4.78, 5) is 23.1. The number of carboxylic acid groups (broad SMARTS) is 2. The van der Waals surface area contributed by atoms with Crippen LogP contribution in [0.1, 0.15) is 18.9 Å². The molecule has 110 valence electrons. The Hall–Kier alpha value is -2.56. The summed E-state index contributed by atoms with van der Waals surface area (Å²) in [6.45, 7) is 1.70. The van der Waals surface area contributed by atoms with Gasteiger partial charge in [0.1, 0.15) is 11.2 Å². The van der Waals surface area contributed by atoms with Crippen LogP contribution in [0.3, 0.4) is 0 Å². The van der Waals surface area contributed by atoms with Gasteiger partial charge in [-0.2, -0.15) is 0 Å². The van der Waals surface area contributed by atoms with Crippen molar-refractivity contribution in [3.63, 3.8) is 0 Å². The first-order chi connectivity index (χ1) is 9.89. The minimum absolute atomic E-state index is 0.0820. The maximum absolute atomic E-state index is 11.8. The summed E-state index contributed by atoms with van der Waals surface area (Å²) < 4.78 is 5.06. The number of methoxy groups -OCH3 is 1. The van der Waals surface area contributed by atoms with Gasteiger partial charge in [0.05, 0.1) is 7.11 Å². The summed E-state index contributed by atoms with van der Waals surface area (Å²) in [5, 5.41) is 18.9. The van der Waals surface area contributed by atoms with E-state index in [2.05, 4.69) is 0 Å². The van der Waals surface area contributed by atoms with Gasteiger partial charge in [0.25, 0.3) is 0 Å². The molecule has 0 heterocycles. The molecule has 21 heavy (non-hydrogen) atoms. The van der Waals surface area contributed by atoms with Gasteiger partial charge in [0.2, 0.25) is 0 Å². The van der Waals surface area contributed by atoms with Crippen molar-refractivity contribution in [1.29, 1.82) is 0 Å². The molecule has 1 atom stereocenters. The SMILES string of the molecule is COc1ccc(C2(C(=O)O)C=C(C)C=C(C(=O)O)C2)cc1. The normalized spacial score (nSPS) is 21.2. The largest absolute Gasteiger partial charge is 0.497 e. The first-order valence-electron chi connectivity index (χ1n) is 6.40. The number of carbonyl (C=O) groups is 2. The minimum atomic E-state index is -1.36. The van der Waals surface area contributed by atoms with E-state index in [0.29, 0.717) is 16.9 Å². The molecule has 0 saturated heterocycles. The Bertz CT molecular complexity index is 639. The molecule has 0 spiro atoms. The zero-order valence-corrected chi connectivity index (χ0v) is 11.8. The maximum Gasteiger partial charge on any atom is 0.331 e. The molecule has 2 N–H and O–H groups in total. The van der Waals surface area contributed by atoms with E-state index in [1.807, 2.05) is 0 Å². The lowest BCUT2D eigenvalue weighted by molar-refractivity contribution is -0.142. The quantitative estimate of drug-likeness (QED) is 0.888. The average molecular weight is 288 g/mol. The fourth-order valence-corrected chi connectivity index (χ4v) is 2.58. The molecule has 0 amide bonds. The third-order valence-electron chi connectivity index (χ3n) is 3.61. The zero-order chi connectivity index (χ0) is 15.6. The lowest BCUT2D eigenvalue weighted by atomic mass is 9.71. The number of aliphatic carboxylic acids is 2. The first kappa shape index (κ1) is 14.8. The summed E-state index contributed by atoms with van der Waals surface area (Å²) >= 11 is 0. The van der Waals surface area contributed by atoms with Crippen LogP contribution < -0.4 is 4.74 Å². The molecule has 0 fully saturated rings. The van der Waals surface area contributed by atoms with Crippen molar-refractivity contribution in [2.24, 2.45) is 0 Å². The number of allylic oxidation sites excluding steroid dienone is 2. The van der Waals surface area contributed by atoms with Crippen LogP contribution in [0.2, 0.25) is 0 Å². The molecule has 0 aliphatic heterocycles. The number of hydrogen-bond donors (Lipinski definition) is 2. The second-order valence-corrected chi connectivity index (χ2v) is 5.04. The topological polar surface area (TPSA) is 83.8 Å². The third-order valence-corrected chi connectivity index (χ3v) is 3.61. The Morgan fingerprint density at radius 3 is 2.29 bits per heavy atom. The summed E-state index contributed by atoms with van der Waals surface area (Å²) in [5.74, 6) is -1.55. The van der Waals surface area contributed by atoms with Crippen LogP contribution in [0, 0.1) is 0 Å². The van der Waals surface area contributed by atoms with Gasteiger partial charge in [0, 0.05) is 12.0 Å². The second kappa shape index (κ2) is 5.44. The molecule has 0 bridgehead atoms. The summed E-state index contributed by atoms with van der Waals surface area (Å²) in [6.07, 6.45) is 3.03. The van der Waals surface area contributed by atoms with E-state index in [9.17, 15) is 19.8 Å². The highest BCUT2D eigenvalue weighted by Gasteiger charge is 2.42. The molecule has 1 aliphatic carbocycles. The van der Waals surface area contributed by atoms with Gasteiger partial charge < -0.3 is 14.9 Å². The fourth-order valence-electron chi connectivity index (χ4n) is 2.58. The van der Waals surface area contributed by atoms with E-state index in [0.717, 1.165) is 0 Å². The molecule has 5 nitrogen and oxygen atoms in total. The van der Waals surface area contributed by atoms with Crippen LogP contribution in [0.15, 0.2) is 47.6 Å². The number of hydrogen-bond acceptors (Lipinski definition) is 3. The fraction of sp³-hybridized carbons (Fsp3) is 0.250. The van der Waals surface area contributed by atoms with E-state index in [1.165, 1.54) is 13.2 Å². The zero-order valence-electron chi connectivity index (χ0n) is 11.8. The van der Waals surface area contributed by atoms with Crippen molar-refractivity contribution >= 4 is 11.9 Å². The molecule has 1 aliphatic rings. The third kappa shape index (κ3) is 2.67. The minimum Gasteiger partial charge on any atom is -0.497 e. The number of ether oxygens (including phenoxy) is 1. The van der Waals surface area contributed by atoms with E-state index >= 15 is 0 Å². The van der Waals surface area contributed by atoms with Gasteiger partial charge in [-0.1, -0.05) is 23.8 Å². The second-order valence-electron chi connectivity index (χ2n) is 5.04. The maximum atomic E-state index is 11.8. The van der Waals surface area contributed by atoms with Gasteiger partial charge in [-0.25, -0.2) is 4.79 Å². The molecule has 0 radical (unpaired) electrons. The van der Waals surface area contributed by atoms with Crippen LogP contribution in [0.5, 0.6) is 5.75 Å². The Balaban J connectivity index is 2.54. The van der Waals surface area contributed by atoms with Crippen LogP contribution in [0.4, 0.5) is 0 Å². The smallest absolute Gasteiger partial charge is 0.331 e. The Morgan fingerprint density at radius 2 is 1.81 bits per heavy atom. The number of benzene rings is 1. The van der Waals surface area contributed by atoms with Crippen molar-refractivity contribution in [2.75, 3.05) is 7.11 Å². The van der Waals surface area contributed by atoms with E-state index in [4.69, 9.17) is 4.74 Å². The van der Waals surface area contributed by atoms with Crippen LogP contribution in [-0.4, -0.2) is 29.3 Å². The van der Waals surface area contributed by atoms with Gasteiger partial charge >= 0.3 is 11.9 Å². The Kier molecular flexibility index (Phi) is 3.84.